The molecule has 3 rings (SSSR count). The predicted molar refractivity (Wildman–Crippen MR) is 124 cm³/mol. The third kappa shape index (κ3) is 5.70. The number of hydrogen-bond acceptors (Lipinski definition) is 5. The molecule has 1 aromatic carbocycles. The molecule has 0 saturated carbocycles. The molecular formula is C22H30Cl2N4O3. The van der Waals surface area contributed by atoms with Crippen LogP contribution < -0.4 is 5.56 Å². The van der Waals surface area contributed by atoms with Gasteiger partial charge in [-0.3, -0.25) is 9.36 Å². The molecule has 1 saturated heterocycles. The molecule has 1 aliphatic heterocycles. The lowest BCUT2D eigenvalue weighted by molar-refractivity contribution is 0.0194. The minimum Gasteiger partial charge on any atom is -0.444 e. The Kier molecular flexibility index (Phi) is 7.18. The monoisotopic (exact) mass is 468 g/mol. The molecule has 1 aromatic heterocycles. The summed E-state index contributed by atoms with van der Waals surface area (Å²) in [4.78, 5) is 34.6. The molecule has 0 bridgehead atoms. The highest BCUT2D eigenvalue weighted by atomic mass is 35.5. The van der Waals surface area contributed by atoms with Crippen molar-refractivity contribution in [3.05, 3.63) is 38.4 Å². The van der Waals surface area contributed by atoms with Crippen LogP contribution >= 0.6 is 23.2 Å². The molecule has 0 N–H and O–H groups in total. The van der Waals surface area contributed by atoms with Crippen molar-refractivity contribution in [3.63, 3.8) is 0 Å². The van der Waals surface area contributed by atoms with E-state index >= 15 is 0 Å². The minimum atomic E-state index is -0.560. The summed E-state index contributed by atoms with van der Waals surface area (Å²) < 4.78 is 7.27. The topological polar surface area (TPSA) is 67.7 Å². The average Bonchev–Trinajstić information content (AvgIpc) is 2.67. The summed E-state index contributed by atoms with van der Waals surface area (Å²) in [5.41, 5.74) is -0.186. The summed E-state index contributed by atoms with van der Waals surface area (Å²) in [7, 11) is 3.92. The maximum absolute atomic E-state index is 13.4. The highest BCUT2D eigenvalue weighted by Gasteiger charge is 2.31. The summed E-state index contributed by atoms with van der Waals surface area (Å²) in [5.74, 6) is 0.598. The second-order valence-corrected chi connectivity index (χ2v) is 10.1. The molecule has 0 spiro atoms. The van der Waals surface area contributed by atoms with Gasteiger partial charge in [-0.25, -0.2) is 9.78 Å². The highest BCUT2D eigenvalue weighted by Crippen LogP contribution is 2.30. The van der Waals surface area contributed by atoms with E-state index in [-0.39, 0.29) is 17.6 Å². The van der Waals surface area contributed by atoms with Crippen molar-refractivity contribution in [2.75, 3.05) is 33.7 Å². The van der Waals surface area contributed by atoms with Crippen LogP contribution in [0.5, 0.6) is 0 Å². The van der Waals surface area contributed by atoms with E-state index in [9.17, 15) is 9.59 Å². The first-order valence-corrected chi connectivity index (χ1v) is 11.2. The molecule has 2 heterocycles. The van der Waals surface area contributed by atoms with Crippen molar-refractivity contribution in [3.8, 4) is 0 Å². The van der Waals surface area contributed by atoms with Gasteiger partial charge in [0, 0.05) is 32.1 Å². The van der Waals surface area contributed by atoms with Crippen molar-refractivity contribution in [2.45, 2.75) is 51.7 Å². The molecule has 2 aromatic rings. The largest absolute Gasteiger partial charge is 0.444 e. The zero-order valence-corrected chi connectivity index (χ0v) is 20.3. The lowest BCUT2D eigenvalue weighted by atomic mass is 9.96. The number of rotatable bonds is 4. The molecule has 7 nitrogen and oxygen atoms in total. The molecule has 1 amide bonds. The van der Waals surface area contributed by atoms with Gasteiger partial charge >= 0.3 is 6.09 Å². The van der Waals surface area contributed by atoms with E-state index in [2.05, 4.69) is 0 Å². The fourth-order valence-corrected chi connectivity index (χ4v) is 4.06. The number of fused-ring (bicyclic) bond motifs is 1. The zero-order chi connectivity index (χ0) is 22.9. The van der Waals surface area contributed by atoms with Crippen molar-refractivity contribution in [1.82, 2.24) is 19.4 Å². The minimum absolute atomic E-state index is 0.0741. The average molecular weight is 469 g/mol. The molecular weight excluding hydrogens is 439 g/mol. The van der Waals surface area contributed by atoms with Crippen LogP contribution in [0.15, 0.2) is 16.9 Å². The number of nitrogens with zero attached hydrogens (tertiary/aromatic N) is 4. The van der Waals surface area contributed by atoms with Crippen LogP contribution in [0.3, 0.4) is 0 Å². The maximum Gasteiger partial charge on any atom is 0.410 e. The summed E-state index contributed by atoms with van der Waals surface area (Å²) in [5, 5.41) is 1.13. The Morgan fingerprint density at radius 1 is 1.26 bits per heavy atom. The lowest BCUT2D eigenvalue weighted by Crippen LogP contribution is -2.43. The van der Waals surface area contributed by atoms with Gasteiger partial charge in [-0.1, -0.05) is 23.2 Å². The molecule has 1 aliphatic rings. The molecule has 1 atom stereocenters. The fourth-order valence-electron chi connectivity index (χ4n) is 3.74. The Hall–Kier alpha value is -1.83. The predicted octanol–water partition coefficient (Wildman–Crippen LogP) is 4.38. The van der Waals surface area contributed by atoms with Gasteiger partial charge in [0.1, 0.15) is 11.4 Å². The van der Waals surface area contributed by atoms with E-state index in [0.717, 1.165) is 12.8 Å². The summed E-state index contributed by atoms with van der Waals surface area (Å²) in [6.07, 6.45) is 1.31. The number of carbonyl (C=O) groups is 1. The van der Waals surface area contributed by atoms with Crippen LogP contribution in [0, 0.1) is 0 Å². The molecule has 9 heteroatoms. The van der Waals surface area contributed by atoms with Crippen molar-refractivity contribution < 1.29 is 9.53 Å². The number of halogens is 2. The van der Waals surface area contributed by atoms with Gasteiger partial charge in [-0.2, -0.15) is 0 Å². The number of likely N-dealkylation sites (N-methyl/N-ethyl adjacent to an activating group) is 1. The van der Waals surface area contributed by atoms with Gasteiger partial charge in [0.15, 0.2) is 0 Å². The standard InChI is InChI=1S/C22H30Cl2N4O3/c1-22(2,3)31-21(30)27-8-6-7-14(13-27)19-25-18-12-17(24)16(23)11-15(18)20(29)28(19)10-9-26(4)5/h11-12,14H,6-10,13H2,1-5H3/t14-/m1/s1. The van der Waals surface area contributed by atoms with E-state index in [1.54, 1.807) is 21.6 Å². The SMILES string of the molecule is CN(C)CCn1c([C@@H]2CCCN(C(=O)OC(C)(C)C)C2)nc2cc(Cl)c(Cl)cc2c1=O. The first-order chi connectivity index (χ1) is 14.5. The number of benzene rings is 1. The van der Waals surface area contributed by atoms with Crippen LogP contribution in [0.4, 0.5) is 4.79 Å². The first-order valence-electron chi connectivity index (χ1n) is 10.5. The smallest absolute Gasteiger partial charge is 0.410 e. The van der Waals surface area contributed by atoms with E-state index in [0.29, 0.717) is 53.0 Å². The molecule has 0 unspecified atom stereocenters. The fraction of sp³-hybridized carbons (Fsp3) is 0.591. The Labute approximate surface area is 192 Å². The highest BCUT2D eigenvalue weighted by molar-refractivity contribution is 6.42. The third-order valence-electron chi connectivity index (χ3n) is 5.23. The number of ether oxygens (including phenoxy) is 1. The van der Waals surface area contributed by atoms with E-state index in [1.807, 2.05) is 39.8 Å². The molecule has 1 fully saturated rings. The van der Waals surface area contributed by atoms with Gasteiger partial charge in [0.2, 0.25) is 0 Å². The Bertz CT molecular complexity index is 1030. The Morgan fingerprint density at radius 2 is 1.94 bits per heavy atom. The quantitative estimate of drug-likeness (QED) is 0.665. The van der Waals surface area contributed by atoms with Crippen LogP contribution in [0.2, 0.25) is 10.0 Å². The van der Waals surface area contributed by atoms with E-state index in [1.165, 1.54) is 0 Å². The van der Waals surface area contributed by atoms with Crippen LogP contribution in [-0.4, -0.2) is 64.8 Å². The van der Waals surface area contributed by atoms with Crippen LogP contribution in [0.1, 0.15) is 45.4 Å². The van der Waals surface area contributed by atoms with Crippen molar-refractivity contribution in [2.24, 2.45) is 0 Å². The van der Waals surface area contributed by atoms with Gasteiger partial charge < -0.3 is 14.5 Å². The van der Waals surface area contributed by atoms with Gasteiger partial charge in [0.05, 0.1) is 20.9 Å². The lowest BCUT2D eigenvalue weighted by Gasteiger charge is -2.34. The second kappa shape index (κ2) is 9.35. The van der Waals surface area contributed by atoms with Crippen LogP contribution in [0.25, 0.3) is 10.9 Å². The third-order valence-corrected chi connectivity index (χ3v) is 5.96. The maximum atomic E-state index is 13.4. The normalized spacial score (nSPS) is 17.4. The molecule has 0 radical (unpaired) electrons. The number of likely N-dealkylation sites (tertiary alicyclic amines) is 1. The van der Waals surface area contributed by atoms with Crippen LogP contribution in [-0.2, 0) is 11.3 Å². The second-order valence-electron chi connectivity index (χ2n) is 9.28. The van der Waals surface area contributed by atoms with Crippen molar-refractivity contribution in [1.29, 1.82) is 0 Å². The Morgan fingerprint density at radius 3 is 2.58 bits per heavy atom. The summed E-state index contributed by atoms with van der Waals surface area (Å²) in [6.45, 7) is 7.82. The van der Waals surface area contributed by atoms with E-state index in [4.69, 9.17) is 32.9 Å². The zero-order valence-electron chi connectivity index (χ0n) is 18.7. The van der Waals surface area contributed by atoms with E-state index < -0.39 is 5.60 Å². The number of aromatic nitrogens is 2. The number of amides is 1. The molecule has 170 valence electrons. The summed E-state index contributed by atoms with van der Waals surface area (Å²) >= 11 is 12.4. The van der Waals surface area contributed by atoms with Gasteiger partial charge in [0.25, 0.3) is 5.56 Å². The van der Waals surface area contributed by atoms with Crippen molar-refractivity contribution >= 4 is 40.2 Å². The first kappa shape index (κ1) is 23.8. The Balaban J connectivity index is 2.02. The number of hydrogen-bond donors (Lipinski definition) is 0. The molecule has 0 aliphatic carbocycles. The number of carbonyl (C=O) groups excluding carboxylic acids is 1. The van der Waals surface area contributed by atoms with Gasteiger partial charge in [-0.15, -0.1) is 0 Å². The van der Waals surface area contributed by atoms with Gasteiger partial charge in [-0.05, 0) is 59.8 Å². The molecule has 31 heavy (non-hydrogen) atoms. The summed E-state index contributed by atoms with van der Waals surface area (Å²) in [6, 6.07) is 3.22. The number of piperidine rings is 1.